The molecule has 0 spiro atoms. The van der Waals surface area contributed by atoms with Gasteiger partial charge in [0.05, 0.1) is 0 Å². The Balaban J connectivity index is 5.48. The Hall–Kier alpha value is -1.77. The maximum atomic E-state index is 12.8. The average Bonchev–Trinajstić information content (AvgIpc) is 2.54. The lowest BCUT2D eigenvalue weighted by molar-refractivity contribution is -0.133. The third-order valence-corrected chi connectivity index (χ3v) is 5.47. The summed E-state index contributed by atoms with van der Waals surface area (Å²) in [5, 5.41) is 11.5. The van der Waals surface area contributed by atoms with Crippen molar-refractivity contribution < 1.29 is 19.2 Å². The lowest BCUT2D eigenvalue weighted by Crippen LogP contribution is -2.57. The molecule has 8 nitrogen and oxygen atoms in total. The first-order valence-electron chi connectivity index (χ1n) is 11.4. The number of hydrogen-bond acceptors (Lipinski definition) is 4. The summed E-state index contributed by atoms with van der Waals surface area (Å²) in [7, 11) is 0. The molecule has 0 aliphatic heterocycles. The zero-order chi connectivity index (χ0) is 26.4. The van der Waals surface area contributed by atoms with Gasteiger partial charge < -0.3 is 21.3 Å². The van der Waals surface area contributed by atoms with E-state index in [9.17, 15) is 19.2 Å². The Bertz CT molecular complexity index is 650. The molecule has 0 saturated carbocycles. The quantitative estimate of drug-likeness (QED) is 0.308. The van der Waals surface area contributed by atoms with Crippen LogP contribution in [0.25, 0.3) is 0 Å². The van der Waals surface area contributed by atoms with Crippen LogP contribution in [0.5, 0.6) is 0 Å². The molecule has 0 aromatic rings. The summed E-state index contributed by atoms with van der Waals surface area (Å²) in [5.41, 5.74) is -2.19. The lowest BCUT2D eigenvalue weighted by Gasteiger charge is -2.27. The van der Waals surface area contributed by atoms with E-state index >= 15 is 0 Å². The molecular formula is C24H47N4O4S+. The molecule has 0 aromatic heterocycles. The molecule has 0 heterocycles. The summed E-state index contributed by atoms with van der Waals surface area (Å²) in [4.78, 5) is 50.8. The van der Waals surface area contributed by atoms with E-state index in [-0.39, 0.29) is 23.6 Å². The number of rotatable bonds is 8. The van der Waals surface area contributed by atoms with Gasteiger partial charge in [-0.25, -0.2) is 0 Å². The summed E-state index contributed by atoms with van der Waals surface area (Å²) in [6, 6.07) is -1.50. The van der Waals surface area contributed by atoms with Crippen molar-refractivity contribution >= 4 is 35.4 Å². The molecule has 0 aliphatic rings. The molecule has 4 N–H and O–H groups in total. The van der Waals surface area contributed by atoms with E-state index in [1.165, 1.54) is 0 Å². The van der Waals surface area contributed by atoms with E-state index in [4.69, 9.17) is 0 Å². The predicted molar refractivity (Wildman–Crippen MR) is 137 cm³/mol. The molecule has 0 aliphatic carbocycles. The smallest absolute Gasteiger partial charge is 0.247 e. The highest BCUT2D eigenvalue weighted by atomic mass is 32.2. The van der Waals surface area contributed by atoms with Crippen molar-refractivity contribution in [3.8, 4) is 0 Å². The number of nitrogens with one attached hydrogen (secondary N) is 4. The van der Waals surface area contributed by atoms with Gasteiger partial charge in [0.2, 0.25) is 23.6 Å². The number of hydrogen-bond donors (Lipinski definition) is 4. The van der Waals surface area contributed by atoms with E-state index < -0.39 is 34.0 Å². The molecule has 4 amide bonds. The first-order chi connectivity index (χ1) is 14.5. The van der Waals surface area contributed by atoms with Crippen molar-refractivity contribution in [2.45, 2.75) is 106 Å². The van der Waals surface area contributed by atoms with Crippen LogP contribution in [-0.4, -0.2) is 58.3 Å². The third kappa shape index (κ3) is 13.5. The predicted octanol–water partition coefficient (Wildman–Crippen LogP) is 1.69. The summed E-state index contributed by atoms with van der Waals surface area (Å²) in [6.07, 6.45) is 0. The van der Waals surface area contributed by atoms with E-state index in [1.54, 1.807) is 41.5 Å². The molecule has 2 unspecified atom stereocenters. The first kappa shape index (κ1) is 31.2. The summed E-state index contributed by atoms with van der Waals surface area (Å²) < 4.78 is 0. The SMILES string of the molecule is CC(C)(C)NC(=O)C(C[SH+]CC(NC(=O)C(C)(C)C)C(=O)NC(C)(C)C)NC(=O)C(C)(C)C. The van der Waals surface area contributed by atoms with Crippen LogP contribution in [0.1, 0.15) is 83.1 Å². The molecule has 0 saturated heterocycles. The molecule has 0 radical (unpaired) electrons. The number of carbonyl (C=O) groups is 4. The maximum absolute atomic E-state index is 12.8. The third-order valence-electron chi connectivity index (χ3n) is 4.23. The van der Waals surface area contributed by atoms with Gasteiger partial charge in [-0.1, -0.05) is 41.5 Å². The minimum atomic E-state index is -0.748. The Kier molecular flexibility index (Phi) is 11.0. The highest BCUT2D eigenvalue weighted by molar-refractivity contribution is 7.78. The van der Waals surface area contributed by atoms with Crippen molar-refractivity contribution in [2.75, 3.05) is 11.5 Å². The summed E-state index contributed by atoms with van der Waals surface area (Å²) >= 11 is 0.749. The fourth-order valence-corrected chi connectivity index (χ4v) is 3.56. The molecule has 0 bridgehead atoms. The second kappa shape index (κ2) is 11.6. The van der Waals surface area contributed by atoms with Gasteiger partial charge in [0.1, 0.15) is 11.5 Å². The monoisotopic (exact) mass is 487 g/mol. The van der Waals surface area contributed by atoms with Gasteiger partial charge in [-0.3, -0.25) is 19.2 Å². The molecular weight excluding hydrogens is 440 g/mol. The van der Waals surface area contributed by atoms with E-state index in [2.05, 4.69) is 21.3 Å². The molecule has 9 heteroatoms. The van der Waals surface area contributed by atoms with Crippen molar-refractivity contribution in [3.05, 3.63) is 0 Å². The standard InChI is InChI=1S/C24H46N4O4S/c1-21(2,3)19(31)25-15(17(29)27-23(7,8)9)13-33-14-16(18(30)28-24(10,11)12)26-20(32)22(4,5)6/h15-16H,13-14H2,1-12H3,(H,25,31)(H,26,32)(H,27,29)(H,28,30)/p+1. The van der Waals surface area contributed by atoms with E-state index in [1.807, 2.05) is 41.5 Å². The van der Waals surface area contributed by atoms with Crippen LogP contribution < -0.4 is 21.3 Å². The van der Waals surface area contributed by atoms with Gasteiger partial charge in [0.25, 0.3) is 0 Å². The molecule has 2 atom stereocenters. The van der Waals surface area contributed by atoms with E-state index in [0.717, 1.165) is 11.8 Å². The zero-order valence-corrected chi connectivity index (χ0v) is 23.5. The number of thiol groups is 1. The van der Waals surface area contributed by atoms with Crippen molar-refractivity contribution in [1.29, 1.82) is 0 Å². The molecule has 0 aromatic carbocycles. The minimum absolute atomic E-state index is 0.227. The Morgan fingerprint density at radius 1 is 0.576 bits per heavy atom. The topological polar surface area (TPSA) is 116 Å². The van der Waals surface area contributed by atoms with Crippen LogP contribution in [0.2, 0.25) is 0 Å². The van der Waals surface area contributed by atoms with Crippen LogP contribution in [0.3, 0.4) is 0 Å². The lowest BCUT2D eigenvalue weighted by atomic mass is 9.95. The molecule has 192 valence electrons. The number of carbonyl (C=O) groups excluding carboxylic acids is 4. The second-order valence-electron chi connectivity index (χ2n) is 12.6. The second-order valence-corrected chi connectivity index (χ2v) is 13.8. The van der Waals surface area contributed by atoms with Crippen molar-refractivity contribution in [2.24, 2.45) is 10.8 Å². The molecule has 0 fully saturated rings. The zero-order valence-electron chi connectivity index (χ0n) is 22.6. The fourth-order valence-electron chi connectivity index (χ4n) is 2.38. The largest absolute Gasteiger partial charge is 0.350 e. The normalized spacial score (nSPS) is 14.7. The van der Waals surface area contributed by atoms with Gasteiger partial charge in [-0.15, -0.1) is 0 Å². The highest BCUT2D eigenvalue weighted by Gasteiger charge is 2.34. The fraction of sp³-hybridized carbons (Fsp3) is 0.833. The Morgan fingerprint density at radius 3 is 1.06 bits per heavy atom. The van der Waals surface area contributed by atoms with Gasteiger partial charge in [-0.05, 0) is 53.3 Å². The van der Waals surface area contributed by atoms with Gasteiger partial charge in [0.15, 0.2) is 12.1 Å². The van der Waals surface area contributed by atoms with Crippen LogP contribution in [0.4, 0.5) is 0 Å². The van der Waals surface area contributed by atoms with Crippen molar-refractivity contribution in [3.63, 3.8) is 0 Å². The molecule has 0 rings (SSSR count). The number of amides is 4. The first-order valence-corrected chi connectivity index (χ1v) is 12.7. The highest BCUT2D eigenvalue weighted by Crippen LogP contribution is 2.14. The summed E-state index contributed by atoms with van der Waals surface area (Å²) in [5.74, 6) is -0.378. The maximum Gasteiger partial charge on any atom is 0.247 e. The van der Waals surface area contributed by atoms with Gasteiger partial charge in [0, 0.05) is 21.9 Å². The minimum Gasteiger partial charge on any atom is -0.350 e. The average molecular weight is 488 g/mol. The Morgan fingerprint density at radius 2 is 0.848 bits per heavy atom. The van der Waals surface area contributed by atoms with Crippen molar-refractivity contribution in [1.82, 2.24) is 21.3 Å². The van der Waals surface area contributed by atoms with Gasteiger partial charge >= 0.3 is 0 Å². The van der Waals surface area contributed by atoms with E-state index in [0.29, 0.717) is 11.5 Å². The Labute approximate surface area is 204 Å². The van der Waals surface area contributed by atoms with Crippen LogP contribution in [-0.2, 0) is 30.9 Å². The van der Waals surface area contributed by atoms with Crippen LogP contribution in [0.15, 0.2) is 0 Å². The molecule has 33 heavy (non-hydrogen) atoms. The van der Waals surface area contributed by atoms with Crippen LogP contribution in [0, 0.1) is 10.8 Å². The van der Waals surface area contributed by atoms with Crippen LogP contribution >= 0.6 is 0 Å². The summed E-state index contributed by atoms with van der Waals surface area (Å²) in [6.45, 7) is 22.0. The van der Waals surface area contributed by atoms with Gasteiger partial charge in [-0.2, -0.15) is 0 Å².